The summed E-state index contributed by atoms with van der Waals surface area (Å²) in [6, 6.07) is 0. The molecule has 1 saturated heterocycles. The lowest BCUT2D eigenvalue weighted by Crippen LogP contribution is -2.54. The van der Waals surface area contributed by atoms with Gasteiger partial charge in [-0.1, -0.05) is 6.92 Å². The maximum atomic E-state index is 12.2. The van der Waals surface area contributed by atoms with Crippen molar-refractivity contribution in [3.8, 4) is 0 Å². The van der Waals surface area contributed by atoms with Crippen molar-refractivity contribution in [3.05, 3.63) is 0 Å². The third-order valence-corrected chi connectivity index (χ3v) is 3.31. The second-order valence-electron chi connectivity index (χ2n) is 3.94. The molecule has 1 heterocycles. The second kappa shape index (κ2) is 4.78. The Hall–Kier alpha value is -0.570. The molecule has 0 aliphatic carbocycles. The molecule has 0 aromatic carbocycles. The van der Waals surface area contributed by atoms with Gasteiger partial charge < -0.3 is 10.2 Å². The summed E-state index contributed by atoms with van der Waals surface area (Å²) in [6.45, 7) is 8.80. The van der Waals surface area contributed by atoms with Gasteiger partial charge in [-0.2, -0.15) is 0 Å². The largest absolute Gasteiger partial charge is 0.342 e. The van der Waals surface area contributed by atoms with E-state index in [1.165, 1.54) is 0 Å². The summed E-state index contributed by atoms with van der Waals surface area (Å²) in [5.74, 6) is 0.294. The summed E-state index contributed by atoms with van der Waals surface area (Å²) in [5, 5.41) is 3.38. The molecular formula is C11H22N2O. The quantitative estimate of drug-likeness (QED) is 0.740. The molecule has 1 fully saturated rings. The minimum atomic E-state index is -0.244. The zero-order valence-electron chi connectivity index (χ0n) is 9.60. The molecule has 1 aliphatic rings. The van der Waals surface area contributed by atoms with E-state index in [2.05, 4.69) is 12.2 Å². The molecule has 0 saturated carbocycles. The maximum absolute atomic E-state index is 12.2. The molecule has 1 N–H and O–H groups in total. The minimum absolute atomic E-state index is 0.244. The molecular weight excluding hydrogens is 176 g/mol. The topological polar surface area (TPSA) is 32.3 Å². The Morgan fingerprint density at radius 1 is 1.36 bits per heavy atom. The van der Waals surface area contributed by atoms with Crippen LogP contribution in [0, 0.1) is 0 Å². The Labute approximate surface area is 86.9 Å². The average Bonchev–Trinajstić information content (AvgIpc) is 2.69. The highest BCUT2D eigenvalue weighted by atomic mass is 16.2. The van der Waals surface area contributed by atoms with Gasteiger partial charge in [0.25, 0.3) is 0 Å². The first-order chi connectivity index (χ1) is 6.70. The van der Waals surface area contributed by atoms with Crippen LogP contribution < -0.4 is 5.32 Å². The molecule has 3 heteroatoms. The normalized spacial score (nSPS) is 26.5. The Morgan fingerprint density at radius 3 is 2.36 bits per heavy atom. The standard InChI is InChI=1S/C11H22N2O/c1-4-11(8-7-9-12-11)10(14)13(5-2)6-3/h12H,4-9H2,1-3H3. The highest BCUT2D eigenvalue weighted by Gasteiger charge is 2.40. The molecule has 1 unspecified atom stereocenters. The number of carbonyl (C=O) groups excluding carboxylic acids is 1. The summed E-state index contributed by atoms with van der Waals surface area (Å²) >= 11 is 0. The zero-order valence-corrected chi connectivity index (χ0v) is 9.60. The first-order valence-electron chi connectivity index (χ1n) is 5.74. The molecule has 3 nitrogen and oxygen atoms in total. The molecule has 1 rings (SSSR count). The molecule has 1 atom stereocenters. The van der Waals surface area contributed by atoms with Gasteiger partial charge in [0.05, 0.1) is 5.54 Å². The number of hydrogen-bond donors (Lipinski definition) is 1. The van der Waals surface area contributed by atoms with Crippen molar-refractivity contribution >= 4 is 5.91 Å². The fourth-order valence-corrected chi connectivity index (χ4v) is 2.26. The van der Waals surface area contributed by atoms with Crippen molar-refractivity contribution in [2.24, 2.45) is 0 Å². The second-order valence-corrected chi connectivity index (χ2v) is 3.94. The van der Waals surface area contributed by atoms with Gasteiger partial charge in [0.15, 0.2) is 0 Å². The fraction of sp³-hybridized carbons (Fsp3) is 0.909. The lowest BCUT2D eigenvalue weighted by atomic mass is 9.92. The highest BCUT2D eigenvalue weighted by Crippen LogP contribution is 2.25. The Balaban J connectivity index is 2.73. The summed E-state index contributed by atoms with van der Waals surface area (Å²) in [7, 11) is 0. The number of rotatable bonds is 4. The minimum Gasteiger partial charge on any atom is -0.342 e. The zero-order chi connectivity index (χ0) is 10.6. The summed E-state index contributed by atoms with van der Waals surface area (Å²) < 4.78 is 0. The van der Waals surface area contributed by atoms with E-state index >= 15 is 0 Å². The number of hydrogen-bond acceptors (Lipinski definition) is 2. The van der Waals surface area contributed by atoms with E-state index in [0.717, 1.165) is 38.9 Å². The van der Waals surface area contributed by atoms with Crippen LogP contribution in [0.3, 0.4) is 0 Å². The van der Waals surface area contributed by atoms with Gasteiger partial charge in [-0.15, -0.1) is 0 Å². The lowest BCUT2D eigenvalue weighted by Gasteiger charge is -2.32. The molecule has 0 spiro atoms. The number of carbonyl (C=O) groups is 1. The van der Waals surface area contributed by atoms with Crippen LogP contribution in [0.4, 0.5) is 0 Å². The summed E-state index contributed by atoms with van der Waals surface area (Å²) in [5.41, 5.74) is -0.244. The molecule has 1 aliphatic heterocycles. The third-order valence-electron chi connectivity index (χ3n) is 3.31. The van der Waals surface area contributed by atoms with Crippen LogP contribution in [0.15, 0.2) is 0 Å². The fourth-order valence-electron chi connectivity index (χ4n) is 2.26. The van der Waals surface area contributed by atoms with Gasteiger partial charge in [0, 0.05) is 13.1 Å². The Bertz CT molecular complexity index is 193. The predicted octanol–water partition coefficient (Wildman–Crippen LogP) is 1.39. The smallest absolute Gasteiger partial charge is 0.242 e. The third kappa shape index (κ3) is 1.92. The van der Waals surface area contributed by atoms with E-state index in [9.17, 15) is 4.79 Å². The van der Waals surface area contributed by atoms with Gasteiger partial charge in [0.1, 0.15) is 0 Å². The molecule has 0 aromatic rings. The molecule has 0 bridgehead atoms. The van der Waals surface area contributed by atoms with Crippen molar-refractivity contribution in [1.82, 2.24) is 10.2 Å². The van der Waals surface area contributed by atoms with Crippen LogP contribution in [-0.4, -0.2) is 36.0 Å². The first kappa shape index (κ1) is 11.5. The van der Waals surface area contributed by atoms with Gasteiger partial charge in [-0.25, -0.2) is 0 Å². The van der Waals surface area contributed by atoms with Gasteiger partial charge >= 0.3 is 0 Å². The average molecular weight is 198 g/mol. The van der Waals surface area contributed by atoms with Crippen LogP contribution in [0.5, 0.6) is 0 Å². The van der Waals surface area contributed by atoms with E-state index in [0.29, 0.717) is 5.91 Å². The van der Waals surface area contributed by atoms with E-state index in [1.807, 2.05) is 18.7 Å². The summed E-state index contributed by atoms with van der Waals surface area (Å²) in [4.78, 5) is 14.2. The van der Waals surface area contributed by atoms with Crippen LogP contribution >= 0.6 is 0 Å². The van der Waals surface area contributed by atoms with Crippen molar-refractivity contribution < 1.29 is 4.79 Å². The van der Waals surface area contributed by atoms with Crippen molar-refractivity contribution in [2.75, 3.05) is 19.6 Å². The SMILES string of the molecule is CCN(CC)C(=O)C1(CC)CCCN1. The van der Waals surface area contributed by atoms with Crippen molar-refractivity contribution in [2.45, 2.75) is 45.6 Å². The summed E-state index contributed by atoms with van der Waals surface area (Å²) in [6.07, 6.45) is 3.03. The van der Waals surface area contributed by atoms with E-state index < -0.39 is 0 Å². The van der Waals surface area contributed by atoms with Gasteiger partial charge in [-0.05, 0) is 39.7 Å². The number of amides is 1. The molecule has 82 valence electrons. The van der Waals surface area contributed by atoms with Gasteiger partial charge in [0.2, 0.25) is 5.91 Å². The van der Waals surface area contributed by atoms with E-state index in [-0.39, 0.29) is 5.54 Å². The van der Waals surface area contributed by atoms with Crippen LogP contribution in [0.25, 0.3) is 0 Å². The van der Waals surface area contributed by atoms with Crippen LogP contribution in [0.1, 0.15) is 40.0 Å². The number of nitrogens with one attached hydrogen (secondary N) is 1. The number of nitrogens with zero attached hydrogens (tertiary/aromatic N) is 1. The molecule has 14 heavy (non-hydrogen) atoms. The molecule has 1 amide bonds. The van der Waals surface area contributed by atoms with E-state index in [1.54, 1.807) is 0 Å². The van der Waals surface area contributed by atoms with Gasteiger partial charge in [-0.3, -0.25) is 4.79 Å². The highest BCUT2D eigenvalue weighted by molar-refractivity contribution is 5.86. The van der Waals surface area contributed by atoms with Crippen LogP contribution in [-0.2, 0) is 4.79 Å². The number of likely N-dealkylation sites (N-methyl/N-ethyl adjacent to an activating group) is 1. The molecule has 0 aromatic heterocycles. The Kier molecular flexibility index (Phi) is 3.93. The maximum Gasteiger partial charge on any atom is 0.242 e. The van der Waals surface area contributed by atoms with E-state index in [4.69, 9.17) is 0 Å². The van der Waals surface area contributed by atoms with Crippen molar-refractivity contribution in [3.63, 3.8) is 0 Å². The predicted molar refractivity (Wildman–Crippen MR) is 58.2 cm³/mol. The molecule has 0 radical (unpaired) electrons. The first-order valence-corrected chi connectivity index (χ1v) is 5.74. The lowest BCUT2D eigenvalue weighted by molar-refractivity contribution is -0.137. The Morgan fingerprint density at radius 2 is 2.00 bits per heavy atom. The van der Waals surface area contributed by atoms with Crippen LogP contribution in [0.2, 0.25) is 0 Å². The van der Waals surface area contributed by atoms with Crippen molar-refractivity contribution in [1.29, 1.82) is 0 Å². The monoisotopic (exact) mass is 198 g/mol.